The van der Waals surface area contributed by atoms with Gasteiger partial charge in [0.25, 0.3) is 0 Å². The van der Waals surface area contributed by atoms with E-state index in [0.717, 1.165) is 12.0 Å². The van der Waals surface area contributed by atoms with Gasteiger partial charge in [-0.1, -0.05) is 75.3 Å². The van der Waals surface area contributed by atoms with Crippen LogP contribution < -0.4 is 4.74 Å². The predicted molar refractivity (Wildman–Crippen MR) is 109 cm³/mol. The zero-order chi connectivity index (χ0) is 20.5. The normalized spacial score (nSPS) is 14.1. The first-order chi connectivity index (χ1) is 11.6. The summed E-state index contributed by atoms with van der Waals surface area (Å²) < 4.78 is 11.0. The van der Waals surface area contributed by atoms with Gasteiger partial charge in [0.05, 0.1) is 0 Å². The van der Waals surface area contributed by atoms with Crippen molar-refractivity contribution >= 4 is 6.16 Å². The molecule has 3 heteroatoms. The lowest BCUT2D eigenvalue weighted by molar-refractivity contribution is 0.0638. The SMILES string of the molecule is CCC(C)OC(=O)Oc1cc(C(C)(C)C)c(C(C)(C)C)cc1C(C)(C)C. The van der Waals surface area contributed by atoms with Gasteiger partial charge in [-0.25, -0.2) is 4.79 Å². The minimum Gasteiger partial charge on any atom is -0.431 e. The first-order valence-corrected chi connectivity index (χ1v) is 9.65. The van der Waals surface area contributed by atoms with E-state index in [4.69, 9.17) is 9.47 Å². The lowest BCUT2D eigenvalue weighted by Crippen LogP contribution is -2.26. The van der Waals surface area contributed by atoms with Gasteiger partial charge in [-0.05, 0) is 46.8 Å². The maximum absolute atomic E-state index is 12.3. The van der Waals surface area contributed by atoms with Crippen LogP contribution in [0.1, 0.15) is 99.3 Å². The molecule has 1 aromatic rings. The molecule has 1 atom stereocenters. The summed E-state index contributed by atoms with van der Waals surface area (Å²) in [5, 5.41) is 0. The van der Waals surface area contributed by atoms with Crippen LogP contribution in [0.25, 0.3) is 0 Å². The molecule has 26 heavy (non-hydrogen) atoms. The smallest absolute Gasteiger partial charge is 0.431 e. The summed E-state index contributed by atoms with van der Waals surface area (Å²) in [6, 6.07) is 4.26. The first-order valence-electron chi connectivity index (χ1n) is 9.65. The van der Waals surface area contributed by atoms with E-state index in [1.165, 1.54) is 11.1 Å². The maximum Gasteiger partial charge on any atom is 0.514 e. The molecule has 0 aromatic heterocycles. The van der Waals surface area contributed by atoms with Gasteiger partial charge < -0.3 is 9.47 Å². The van der Waals surface area contributed by atoms with Crippen molar-refractivity contribution in [2.45, 2.75) is 105 Å². The van der Waals surface area contributed by atoms with Crippen LogP contribution in [-0.2, 0) is 21.0 Å². The summed E-state index contributed by atoms with van der Waals surface area (Å²) >= 11 is 0. The first kappa shape index (κ1) is 22.5. The Morgan fingerprint density at radius 1 is 0.846 bits per heavy atom. The zero-order valence-electron chi connectivity index (χ0n) is 18.7. The van der Waals surface area contributed by atoms with Crippen molar-refractivity contribution in [2.75, 3.05) is 0 Å². The number of benzene rings is 1. The van der Waals surface area contributed by atoms with Gasteiger partial charge in [0.1, 0.15) is 11.9 Å². The highest BCUT2D eigenvalue weighted by Crippen LogP contribution is 2.41. The van der Waals surface area contributed by atoms with E-state index in [1.807, 2.05) is 19.9 Å². The van der Waals surface area contributed by atoms with E-state index in [0.29, 0.717) is 5.75 Å². The van der Waals surface area contributed by atoms with Crippen molar-refractivity contribution in [1.29, 1.82) is 0 Å². The molecule has 0 bridgehead atoms. The zero-order valence-corrected chi connectivity index (χ0v) is 18.7. The molecule has 148 valence electrons. The van der Waals surface area contributed by atoms with Crippen molar-refractivity contribution in [3.05, 3.63) is 28.8 Å². The summed E-state index contributed by atoms with van der Waals surface area (Å²) in [4.78, 5) is 12.3. The monoisotopic (exact) mass is 362 g/mol. The van der Waals surface area contributed by atoms with Gasteiger partial charge in [-0.2, -0.15) is 0 Å². The van der Waals surface area contributed by atoms with E-state index in [1.54, 1.807) is 0 Å². The Hall–Kier alpha value is -1.51. The molecule has 0 aliphatic carbocycles. The highest BCUT2D eigenvalue weighted by Gasteiger charge is 2.31. The Morgan fingerprint density at radius 2 is 1.27 bits per heavy atom. The second kappa shape index (κ2) is 7.62. The summed E-state index contributed by atoms with van der Waals surface area (Å²) in [6.45, 7) is 23.5. The van der Waals surface area contributed by atoms with E-state index in [-0.39, 0.29) is 22.3 Å². The van der Waals surface area contributed by atoms with Gasteiger partial charge in [-0.15, -0.1) is 0 Å². The molecule has 0 fully saturated rings. The van der Waals surface area contributed by atoms with Crippen molar-refractivity contribution < 1.29 is 14.3 Å². The van der Waals surface area contributed by atoms with E-state index in [9.17, 15) is 4.79 Å². The number of hydrogen-bond donors (Lipinski definition) is 0. The molecule has 0 radical (unpaired) electrons. The lowest BCUT2D eigenvalue weighted by Gasteiger charge is -2.33. The Bertz CT molecular complexity index is 637. The number of ether oxygens (including phenoxy) is 2. The molecule has 0 heterocycles. The van der Waals surface area contributed by atoms with Gasteiger partial charge in [-0.3, -0.25) is 0 Å². The quantitative estimate of drug-likeness (QED) is 0.433. The van der Waals surface area contributed by atoms with Crippen LogP contribution in [0.5, 0.6) is 5.75 Å². The van der Waals surface area contributed by atoms with Gasteiger partial charge in [0.2, 0.25) is 0 Å². The summed E-state index contributed by atoms with van der Waals surface area (Å²) in [6.07, 6.45) is -0.0259. The van der Waals surface area contributed by atoms with E-state index in [2.05, 4.69) is 68.4 Å². The maximum atomic E-state index is 12.3. The standard InChI is InChI=1S/C23H38O3/c1-12-15(2)25-20(24)26-19-14-17(22(6,7)8)16(21(3,4)5)13-18(19)23(9,10)11/h13-15H,12H2,1-11H3. The van der Waals surface area contributed by atoms with Crippen molar-refractivity contribution in [3.63, 3.8) is 0 Å². The van der Waals surface area contributed by atoms with Crippen LogP contribution in [0.4, 0.5) is 4.79 Å². The molecule has 0 spiro atoms. The fourth-order valence-electron chi connectivity index (χ4n) is 2.85. The summed E-state index contributed by atoms with van der Waals surface area (Å²) in [7, 11) is 0. The molecule has 1 aromatic carbocycles. The summed E-state index contributed by atoms with van der Waals surface area (Å²) in [5.74, 6) is 0.601. The van der Waals surface area contributed by atoms with Crippen LogP contribution in [0.2, 0.25) is 0 Å². The van der Waals surface area contributed by atoms with Crippen molar-refractivity contribution in [3.8, 4) is 5.75 Å². The second-order valence-corrected chi connectivity index (χ2v) is 10.3. The largest absolute Gasteiger partial charge is 0.514 e. The Labute approximate surface area is 160 Å². The van der Waals surface area contributed by atoms with Crippen molar-refractivity contribution in [2.24, 2.45) is 0 Å². The molecule has 0 N–H and O–H groups in total. The number of hydrogen-bond acceptors (Lipinski definition) is 3. The van der Waals surface area contributed by atoms with Gasteiger partial charge in [0.15, 0.2) is 0 Å². The summed E-state index contributed by atoms with van der Waals surface area (Å²) in [5.41, 5.74) is 3.30. The van der Waals surface area contributed by atoms with E-state index >= 15 is 0 Å². The third-order valence-corrected chi connectivity index (χ3v) is 4.61. The minimum atomic E-state index is -0.631. The fraction of sp³-hybridized carbons (Fsp3) is 0.696. The van der Waals surface area contributed by atoms with Crippen LogP contribution in [0.15, 0.2) is 12.1 Å². The predicted octanol–water partition coefficient (Wildman–Crippen LogP) is 6.89. The fourth-order valence-corrected chi connectivity index (χ4v) is 2.85. The van der Waals surface area contributed by atoms with E-state index < -0.39 is 6.16 Å². The average Bonchev–Trinajstić information content (AvgIpc) is 2.43. The number of carbonyl (C=O) groups is 1. The highest BCUT2D eigenvalue weighted by atomic mass is 16.7. The van der Waals surface area contributed by atoms with Gasteiger partial charge >= 0.3 is 6.16 Å². The lowest BCUT2D eigenvalue weighted by atomic mass is 9.72. The topological polar surface area (TPSA) is 35.5 Å². The number of carbonyl (C=O) groups excluding carboxylic acids is 1. The molecule has 0 saturated carbocycles. The molecular weight excluding hydrogens is 324 g/mol. The van der Waals surface area contributed by atoms with Crippen LogP contribution in [0.3, 0.4) is 0 Å². The molecule has 0 aliphatic heterocycles. The Kier molecular flexibility index (Phi) is 6.60. The molecule has 1 rings (SSSR count). The molecule has 0 aliphatic rings. The van der Waals surface area contributed by atoms with Gasteiger partial charge in [0, 0.05) is 5.56 Å². The van der Waals surface area contributed by atoms with Crippen LogP contribution >= 0.6 is 0 Å². The average molecular weight is 363 g/mol. The molecule has 0 saturated heterocycles. The molecule has 3 nitrogen and oxygen atoms in total. The van der Waals surface area contributed by atoms with Crippen molar-refractivity contribution in [1.82, 2.24) is 0 Å². The third-order valence-electron chi connectivity index (χ3n) is 4.61. The molecule has 0 amide bonds. The molecule has 1 unspecified atom stereocenters. The second-order valence-electron chi connectivity index (χ2n) is 10.3. The Morgan fingerprint density at radius 3 is 1.65 bits per heavy atom. The minimum absolute atomic E-state index is 0.00161. The number of rotatable bonds is 3. The highest BCUT2D eigenvalue weighted by molar-refractivity contribution is 5.66. The molecular formula is C23H38O3. The Balaban J connectivity index is 3.55. The van der Waals surface area contributed by atoms with Crippen LogP contribution in [-0.4, -0.2) is 12.3 Å². The third kappa shape index (κ3) is 5.75. The van der Waals surface area contributed by atoms with Crippen LogP contribution in [0, 0.1) is 0 Å².